The highest BCUT2D eigenvalue weighted by Crippen LogP contribution is 2.30. The molecule has 31 heavy (non-hydrogen) atoms. The van der Waals surface area contributed by atoms with Crippen LogP contribution in [0.4, 0.5) is 5.82 Å². The largest absolute Gasteiger partial charge is 0.464 e. The van der Waals surface area contributed by atoms with E-state index in [0.717, 1.165) is 5.56 Å². The SMILES string of the molecule is Cc1ccc(NC(=O)[C@H](CCO)Oc2nc(-c3ccccc3Cl)nc3[nH]ncc23)nc1. The number of H-pyrrole nitrogens is 1. The summed E-state index contributed by atoms with van der Waals surface area (Å²) in [5.74, 6) is 0.398. The number of hydrogen-bond acceptors (Lipinski definition) is 7. The quantitative estimate of drug-likeness (QED) is 0.404. The fraction of sp³-hybridized carbons (Fsp3) is 0.190. The van der Waals surface area contributed by atoms with Crippen LogP contribution in [-0.2, 0) is 4.79 Å². The molecule has 0 fully saturated rings. The average molecular weight is 439 g/mol. The van der Waals surface area contributed by atoms with Crippen molar-refractivity contribution in [1.82, 2.24) is 25.1 Å². The number of fused-ring (bicyclic) bond motifs is 1. The molecule has 4 rings (SSSR count). The van der Waals surface area contributed by atoms with Gasteiger partial charge in [0.2, 0.25) is 5.88 Å². The molecule has 10 heteroatoms. The van der Waals surface area contributed by atoms with E-state index in [1.54, 1.807) is 30.5 Å². The zero-order valence-electron chi connectivity index (χ0n) is 16.5. The Bertz CT molecular complexity index is 1210. The Labute approximate surface area is 182 Å². The minimum atomic E-state index is -1.01. The number of hydrogen-bond donors (Lipinski definition) is 3. The monoisotopic (exact) mass is 438 g/mol. The first-order valence-corrected chi connectivity index (χ1v) is 9.90. The summed E-state index contributed by atoms with van der Waals surface area (Å²) in [6, 6.07) is 10.7. The fourth-order valence-corrected chi connectivity index (χ4v) is 3.13. The van der Waals surface area contributed by atoms with Gasteiger partial charge in [-0.05, 0) is 30.7 Å². The van der Waals surface area contributed by atoms with Gasteiger partial charge in [-0.15, -0.1) is 0 Å². The number of aromatic nitrogens is 5. The maximum absolute atomic E-state index is 12.8. The molecular weight excluding hydrogens is 420 g/mol. The molecule has 9 nitrogen and oxygen atoms in total. The predicted octanol–water partition coefficient (Wildman–Crippen LogP) is 3.15. The topological polar surface area (TPSA) is 126 Å². The second kappa shape index (κ2) is 9.07. The van der Waals surface area contributed by atoms with E-state index in [4.69, 9.17) is 16.3 Å². The number of carbonyl (C=O) groups is 1. The number of nitrogens with one attached hydrogen (secondary N) is 2. The van der Waals surface area contributed by atoms with Crippen molar-refractivity contribution in [2.75, 3.05) is 11.9 Å². The van der Waals surface area contributed by atoms with Crippen LogP contribution in [0.1, 0.15) is 12.0 Å². The second-order valence-corrected chi connectivity index (χ2v) is 7.20. The van der Waals surface area contributed by atoms with Crippen LogP contribution in [0.25, 0.3) is 22.4 Å². The number of amides is 1. The molecule has 0 saturated heterocycles. The Balaban J connectivity index is 1.66. The lowest BCUT2D eigenvalue weighted by Crippen LogP contribution is -2.34. The number of aryl methyl sites for hydroxylation is 1. The van der Waals surface area contributed by atoms with Crippen LogP contribution >= 0.6 is 11.6 Å². The number of carbonyl (C=O) groups excluding carboxylic acids is 1. The Hall–Kier alpha value is -3.56. The number of ether oxygens (including phenoxy) is 1. The number of aliphatic hydroxyl groups is 1. The minimum absolute atomic E-state index is 0.0580. The van der Waals surface area contributed by atoms with Crippen molar-refractivity contribution in [3.63, 3.8) is 0 Å². The van der Waals surface area contributed by atoms with E-state index >= 15 is 0 Å². The summed E-state index contributed by atoms with van der Waals surface area (Å²) >= 11 is 6.29. The smallest absolute Gasteiger partial charge is 0.266 e. The maximum atomic E-state index is 12.8. The van der Waals surface area contributed by atoms with Gasteiger partial charge in [0.15, 0.2) is 17.6 Å². The summed E-state index contributed by atoms with van der Waals surface area (Å²) in [5.41, 5.74) is 2.01. The number of rotatable bonds is 7. The molecule has 0 radical (unpaired) electrons. The van der Waals surface area contributed by atoms with Gasteiger partial charge in [0, 0.05) is 24.8 Å². The number of pyridine rings is 1. The lowest BCUT2D eigenvalue weighted by atomic mass is 10.2. The Morgan fingerprint density at radius 1 is 1.23 bits per heavy atom. The van der Waals surface area contributed by atoms with Crippen molar-refractivity contribution < 1.29 is 14.6 Å². The van der Waals surface area contributed by atoms with Gasteiger partial charge < -0.3 is 15.2 Å². The third kappa shape index (κ3) is 4.62. The Kier molecular flexibility index (Phi) is 6.06. The van der Waals surface area contributed by atoms with Gasteiger partial charge in [0.05, 0.1) is 11.2 Å². The van der Waals surface area contributed by atoms with Gasteiger partial charge in [0.1, 0.15) is 11.2 Å². The van der Waals surface area contributed by atoms with Gasteiger partial charge in [-0.25, -0.2) is 9.97 Å². The number of aromatic amines is 1. The summed E-state index contributed by atoms with van der Waals surface area (Å²) < 4.78 is 5.93. The van der Waals surface area contributed by atoms with Crippen molar-refractivity contribution in [1.29, 1.82) is 0 Å². The van der Waals surface area contributed by atoms with E-state index in [9.17, 15) is 9.90 Å². The first kappa shape index (κ1) is 20.7. The van der Waals surface area contributed by atoms with Crippen molar-refractivity contribution in [2.24, 2.45) is 0 Å². The highest BCUT2D eigenvalue weighted by Gasteiger charge is 2.24. The zero-order chi connectivity index (χ0) is 21.8. The first-order valence-electron chi connectivity index (χ1n) is 9.52. The Morgan fingerprint density at radius 3 is 2.81 bits per heavy atom. The molecule has 0 aliphatic rings. The van der Waals surface area contributed by atoms with Crippen LogP contribution in [0.15, 0.2) is 48.8 Å². The van der Waals surface area contributed by atoms with E-state index < -0.39 is 12.0 Å². The summed E-state index contributed by atoms with van der Waals surface area (Å²) in [7, 11) is 0. The third-order valence-corrected chi connectivity index (χ3v) is 4.82. The molecule has 0 spiro atoms. The second-order valence-electron chi connectivity index (χ2n) is 6.79. The lowest BCUT2D eigenvalue weighted by molar-refractivity contribution is -0.123. The lowest BCUT2D eigenvalue weighted by Gasteiger charge is -2.18. The zero-order valence-corrected chi connectivity index (χ0v) is 17.3. The molecule has 0 saturated carbocycles. The summed E-state index contributed by atoms with van der Waals surface area (Å²) in [4.78, 5) is 25.9. The fourth-order valence-electron chi connectivity index (χ4n) is 2.91. The van der Waals surface area contributed by atoms with E-state index in [1.807, 2.05) is 19.1 Å². The minimum Gasteiger partial charge on any atom is -0.464 e. The van der Waals surface area contributed by atoms with E-state index in [0.29, 0.717) is 33.3 Å². The van der Waals surface area contributed by atoms with Crippen LogP contribution in [0, 0.1) is 6.92 Å². The first-order chi connectivity index (χ1) is 15.0. The molecule has 0 aliphatic carbocycles. The molecule has 1 amide bonds. The predicted molar refractivity (Wildman–Crippen MR) is 116 cm³/mol. The van der Waals surface area contributed by atoms with Gasteiger partial charge in [-0.2, -0.15) is 10.1 Å². The standard InChI is InChI=1S/C21H19ClN6O3/c1-12-6-7-17(23-10-12)25-20(30)16(8-9-29)31-21-14-11-24-28-19(14)26-18(27-21)13-4-2-3-5-15(13)22/h2-7,10-11,16,29H,8-9H2,1H3,(H,23,25,30)(H,24,26,27,28)/t16-/m0/s1. The van der Waals surface area contributed by atoms with Gasteiger partial charge in [0.25, 0.3) is 5.91 Å². The highest BCUT2D eigenvalue weighted by molar-refractivity contribution is 6.33. The van der Waals surface area contributed by atoms with Crippen LogP contribution in [0.3, 0.4) is 0 Å². The van der Waals surface area contributed by atoms with Crippen molar-refractivity contribution in [2.45, 2.75) is 19.4 Å². The summed E-state index contributed by atoms with van der Waals surface area (Å²) in [6.45, 7) is 1.65. The van der Waals surface area contributed by atoms with Crippen LogP contribution in [0.5, 0.6) is 5.88 Å². The van der Waals surface area contributed by atoms with Crippen molar-refractivity contribution in [3.05, 3.63) is 59.4 Å². The van der Waals surface area contributed by atoms with Gasteiger partial charge in [-0.3, -0.25) is 9.89 Å². The summed E-state index contributed by atoms with van der Waals surface area (Å²) in [5, 5.41) is 19.9. The molecule has 4 aromatic rings. The molecule has 0 unspecified atom stereocenters. The normalized spacial score (nSPS) is 12.0. The molecule has 158 valence electrons. The molecule has 3 N–H and O–H groups in total. The van der Waals surface area contributed by atoms with Crippen molar-refractivity contribution >= 4 is 34.4 Å². The highest BCUT2D eigenvalue weighted by atomic mass is 35.5. The van der Waals surface area contributed by atoms with E-state index in [2.05, 4.69) is 30.5 Å². The number of halogens is 1. The summed E-state index contributed by atoms with van der Waals surface area (Å²) in [6.07, 6.45) is 2.20. The molecule has 0 aliphatic heterocycles. The molecule has 1 atom stereocenters. The van der Waals surface area contributed by atoms with E-state index in [1.165, 1.54) is 6.20 Å². The number of nitrogens with zero attached hydrogens (tertiary/aromatic N) is 4. The van der Waals surface area contributed by atoms with Gasteiger partial charge >= 0.3 is 0 Å². The molecule has 0 bridgehead atoms. The molecule has 1 aromatic carbocycles. The van der Waals surface area contributed by atoms with Crippen LogP contribution in [-0.4, -0.2) is 48.9 Å². The number of benzene rings is 1. The van der Waals surface area contributed by atoms with Crippen LogP contribution in [0.2, 0.25) is 5.02 Å². The van der Waals surface area contributed by atoms with Crippen molar-refractivity contribution in [3.8, 4) is 17.3 Å². The van der Waals surface area contributed by atoms with Crippen LogP contribution < -0.4 is 10.1 Å². The molecule has 3 aromatic heterocycles. The van der Waals surface area contributed by atoms with Gasteiger partial charge in [-0.1, -0.05) is 29.8 Å². The van der Waals surface area contributed by atoms with E-state index in [-0.39, 0.29) is 18.9 Å². The number of anilines is 1. The Morgan fingerprint density at radius 2 is 2.06 bits per heavy atom. The maximum Gasteiger partial charge on any atom is 0.266 e. The average Bonchev–Trinajstić information content (AvgIpc) is 3.24. The third-order valence-electron chi connectivity index (χ3n) is 4.49. The molecule has 3 heterocycles. The molecular formula is C21H19ClN6O3. The number of aliphatic hydroxyl groups excluding tert-OH is 1.